The smallest absolute Gasteiger partial charge is 0.549 e. The van der Waals surface area contributed by atoms with Gasteiger partial charge in [0.2, 0.25) is 0 Å². The molecular weight excluding hydrogens is 187 g/mol. The molecule has 60 valence electrons. The Morgan fingerprint density at radius 1 is 1.58 bits per heavy atom. The molecule has 2 N–H and O–H groups in total. The number of hydrogen-bond acceptors (Lipinski definition) is 4. The second kappa shape index (κ2) is 5.16. The Labute approximate surface area is 112 Å². The quantitative estimate of drug-likeness (QED) is 0.414. The first kappa shape index (κ1) is 12.3. The Kier molecular flexibility index (Phi) is 5.31. The second-order valence-electron chi connectivity index (χ2n) is 2.26. The van der Waals surface area contributed by atoms with Crippen molar-refractivity contribution in [1.82, 2.24) is 0 Å². The summed E-state index contributed by atoms with van der Waals surface area (Å²) < 4.78 is 0. The first-order valence-electron chi connectivity index (χ1n) is 3.09. The summed E-state index contributed by atoms with van der Waals surface area (Å²) in [6.07, 6.45) is 2.69. The topological polar surface area (TPSA) is 80.6 Å². The molecule has 0 spiro atoms. The van der Waals surface area contributed by atoms with Crippen molar-refractivity contribution in [3.05, 3.63) is 24.0 Å². The molecule has 2 unspecified atom stereocenters. The fourth-order valence-corrected chi connectivity index (χ4v) is 0.918. The monoisotopic (exact) mass is 194 g/mol. The van der Waals surface area contributed by atoms with Crippen molar-refractivity contribution in [2.75, 3.05) is 0 Å². The van der Waals surface area contributed by atoms with Gasteiger partial charge in [-0.3, -0.25) is 0 Å². The maximum Gasteiger partial charge on any atom is 1.00 e. The summed E-state index contributed by atoms with van der Waals surface area (Å²) in [4.78, 5) is 10.3. The largest absolute Gasteiger partial charge is 1.00 e. The molecule has 5 heteroatoms. The third-order valence-corrected chi connectivity index (χ3v) is 1.49. The van der Waals surface area contributed by atoms with Gasteiger partial charge in [-0.2, -0.15) is 0 Å². The molecule has 0 aromatic rings. The zero-order valence-electron chi connectivity index (χ0n) is 6.60. The fraction of sp³-hybridized carbons (Fsp3) is 0.286. The summed E-state index contributed by atoms with van der Waals surface area (Å²) in [5.41, 5.74) is 0. The minimum Gasteiger partial charge on any atom is -0.549 e. The molecule has 1 aliphatic rings. The van der Waals surface area contributed by atoms with Crippen LogP contribution in [0.3, 0.4) is 0 Å². The van der Waals surface area contributed by atoms with Crippen LogP contribution >= 0.6 is 0 Å². The predicted molar refractivity (Wildman–Crippen MR) is 34.4 cm³/mol. The molecule has 0 aromatic heterocycles. The van der Waals surface area contributed by atoms with E-state index in [1.807, 2.05) is 0 Å². The number of aliphatic hydroxyl groups is 2. The molecule has 0 saturated carbocycles. The van der Waals surface area contributed by atoms with Crippen LogP contribution in [-0.2, 0) is 4.79 Å². The molecule has 0 amide bonds. The molecular formula is C7H7KO4. The van der Waals surface area contributed by atoms with E-state index in [2.05, 4.69) is 0 Å². The number of hydrogen-bond donors (Lipinski definition) is 2. The predicted octanol–water partition coefficient (Wildman–Crippen LogP) is -4.27. The molecule has 0 heterocycles. The first-order valence-corrected chi connectivity index (χ1v) is 3.09. The van der Waals surface area contributed by atoms with E-state index in [1.54, 1.807) is 0 Å². The Morgan fingerprint density at radius 2 is 2.17 bits per heavy atom. The van der Waals surface area contributed by atoms with Crippen LogP contribution in [0.15, 0.2) is 24.0 Å². The van der Waals surface area contributed by atoms with Crippen LogP contribution in [0, 0.1) is 5.92 Å². The number of carboxylic acid groups (broad SMARTS) is 1. The molecule has 0 bridgehead atoms. The molecule has 4 nitrogen and oxygen atoms in total. The van der Waals surface area contributed by atoms with Crippen LogP contribution in [0.5, 0.6) is 0 Å². The minimum atomic E-state index is -1.48. The molecule has 0 fully saturated rings. The molecule has 1 aliphatic carbocycles. The van der Waals surface area contributed by atoms with Crippen molar-refractivity contribution in [3.8, 4) is 0 Å². The minimum absolute atomic E-state index is 0. The van der Waals surface area contributed by atoms with E-state index in [0.717, 1.165) is 0 Å². The average molecular weight is 194 g/mol. The van der Waals surface area contributed by atoms with Crippen LogP contribution in [0.4, 0.5) is 0 Å². The summed E-state index contributed by atoms with van der Waals surface area (Å²) in [5.74, 6) is -3.17. The standard InChI is InChI=1S/C7H8O4.K/c8-4-2-1-3-5(9)6(4)7(10)11;/h1-4,6,8-9H,(H,10,11);/q;+1/p-1. The Hall–Kier alpha value is 0.346. The van der Waals surface area contributed by atoms with Crippen LogP contribution in [0.1, 0.15) is 0 Å². The summed E-state index contributed by atoms with van der Waals surface area (Å²) in [6, 6.07) is 0. The Balaban J connectivity index is 0.00000121. The van der Waals surface area contributed by atoms with Gasteiger partial charge in [-0.15, -0.1) is 0 Å². The molecule has 0 radical (unpaired) electrons. The maximum absolute atomic E-state index is 10.3. The van der Waals surface area contributed by atoms with E-state index in [9.17, 15) is 9.90 Å². The van der Waals surface area contributed by atoms with Gasteiger partial charge in [0.15, 0.2) is 0 Å². The van der Waals surface area contributed by atoms with Gasteiger partial charge in [0.25, 0.3) is 0 Å². The summed E-state index contributed by atoms with van der Waals surface area (Å²) >= 11 is 0. The van der Waals surface area contributed by atoms with Gasteiger partial charge in [-0.25, -0.2) is 0 Å². The Bertz CT molecular complexity index is 234. The van der Waals surface area contributed by atoms with Gasteiger partial charge in [0.05, 0.1) is 18.0 Å². The van der Waals surface area contributed by atoms with Gasteiger partial charge in [-0.1, -0.05) is 12.2 Å². The molecule has 1 rings (SSSR count). The zero-order valence-corrected chi connectivity index (χ0v) is 9.72. The van der Waals surface area contributed by atoms with E-state index < -0.39 is 18.0 Å². The SMILES string of the molecule is O=C([O-])C1C(O)=CC=CC1O.[K+]. The van der Waals surface area contributed by atoms with Gasteiger partial charge in [0.1, 0.15) is 5.76 Å². The number of carbonyl (C=O) groups is 1. The van der Waals surface area contributed by atoms with Crippen molar-refractivity contribution in [2.24, 2.45) is 5.92 Å². The van der Waals surface area contributed by atoms with Crippen LogP contribution in [0.25, 0.3) is 0 Å². The first-order chi connectivity index (χ1) is 5.13. The van der Waals surface area contributed by atoms with E-state index in [4.69, 9.17) is 10.2 Å². The van der Waals surface area contributed by atoms with Gasteiger partial charge < -0.3 is 20.1 Å². The summed E-state index contributed by atoms with van der Waals surface area (Å²) in [7, 11) is 0. The summed E-state index contributed by atoms with van der Waals surface area (Å²) in [6.45, 7) is 0. The molecule has 12 heavy (non-hydrogen) atoms. The molecule has 0 aliphatic heterocycles. The number of carboxylic acids is 1. The Morgan fingerprint density at radius 3 is 2.50 bits per heavy atom. The molecule has 0 saturated heterocycles. The number of allylic oxidation sites excluding steroid dienone is 2. The maximum atomic E-state index is 10.3. The van der Waals surface area contributed by atoms with Crippen LogP contribution in [-0.4, -0.2) is 22.3 Å². The number of aliphatic hydroxyl groups excluding tert-OH is 2. The third-order valence-electron chi connectivity index (χ3n) is 1.49. The van der Waals surface area contributed by atoms with Crippen molar-refractivity contribution in [2.45, 2.75) is 6.10 Å². The normalized spacial score (nSPS) is 27.2. The summed E-state index contributed by atoms with van der Waals surface area (Å²) in [5, 5.41) is 28.2. The van der Waals surface area contributed by atoms with Crippen LogP contribution < -0.4 is 56.5 Å². The molecule has 2 atom stereocenters. The van der Waals surface area contributed by atoms with Crippen molar-refractivity contribution in [1.29, 1.82) is 0 Å². The van der Waals surface area contributed by atoms with Gasteiger partial charge in [-0.05, 0) is 6.08 Å². The average Bonchev–Trinajstić information content (AvgIpc) is 1.85. The van der Waals surface area contributed by atoms with E-state index in [0.29, 0.717) is 0 Å². The zero-order chi connectivity index (χ0) is 8.43. The number of aliphatic carboxylic acids is 1. The second-order valence-corrected chi connectivity index (χ2v) is 2.26. The molecule has 0 aromatic carbocycles. The number of carbonyl (C=O) groups excluding carboxylic acids is 1. The fourth-order valence-electron chi connectivity index (χ4n) is 0.918. The third kappa shape index (κ3) is 2.69. The van der Waals surface area contributed by atoms with E-state index >= 15 is 0 Å². The van der Waals surface area contributed by atoms with Crippen molar-refractivity contribution >= 4 is 5.97 Å². The van der Waals surface area contributed by atoms with Crippen molar-refractivity contribution in [3.63, 3.8) is 0 Å². The van der Waals surface area contributed by atoms with E-state index in [1.165, 1.54) is 18.2 Å². The van der Waals surface area contributed by atoms with E-state index in [-0.39, 0.29) is 57.1 Å². The van der Waals surface area contributed by atoms with Crippen molar-refractivity contribution < 1.29 is 71.5 Å². The van der Waals surface area contributed by atoms with Gasteiger partial charge >= 0.3 is 51.4 Å². The van der Waals surface area contributed by atoms with Gasteiger partial charge in [0, 0.05) is 0 Å². The number of rotatable bonds is 1. The van der Waals surface area contributed by atoms with Crippen LogP contribution in [0.2, 0.25) is 0 Å².